The number of halogens is 1. The maximum absolute atomic E-state index is 12.5. The van der Waals surface area contributed by atoms with Gasteiger partial charge in [0.2, 0.25) is 0 Å². The monoisotopic (exact) mass is 341 g/mol. The van der Waals surface area contributed by atoms with Gasteiger partial charge in [-0.15, -0.1) is 0 Å². The zero-order valence-electron chi connectivity index (χ0n) is 11.0. The molecule has 0 bridgehead atoms. The summed E-state index contributed by atoms with van der Waals surface area (Å²) in [6.07, 6.45) is 1.85. The Labute approximate surface area is 131 Å². The van der Waals surface area contributed by atoms with Crippen LogP contribution >= 0.6 is 15.9 Å². The zero-order valence-corrected chi connectivity index (χ0v) is 12.6. The van der Waals surface area contributed by atoms with E-state index in [0.29, 0.717) is 5.57 Å². The van der Waals surface area contributed by atoms with Crippen LogP contribution in [0.15, 0.2) is 71.2 Å². The summed E-state index contributed by atoms with van der Waals surface area (Å²) in [6.45, 7) is 0. The molecule has 1 aliphatic rings. The van der Waals surface area contributed by atoms with Gasteiger partial charge in [0, 0.05) is 11.3 Å². The van der Waals surface area contributed by atoms with Crippen LogP contribution in [0.3, 0.4) is 0 Å². The lowest BCUT2D eigenvalue weighted by atomic mass is 10.1. The minimum Gasteiger partial charge on any atom is -0.508 e. The second-order valence-electron chi connectivity index (χ2n) is 4.62. The van der Waals surface area contributed by atoms with E-state index in [2.05, 4.69) is 15.9 Å². The Bertz CT molecular complexity index is 733. The van der Waals surface area contributed by atoms with Crippen molar-refractivity contribution < 1.29 is 9.90 Å². The lowest BCUT2D eigenvalue weighted by Gasteiger charge is -2.20. The molecule has 0 aliphatic carbocycles. The van der Waals surface area contributed by atoms with Crippen molar-refractivity contribution in [3.05, 3.63) is 76.8 Å². The van der Waals surface area contributed by atoms with E-state index in [9.17, 15) is 9.90 Å². The van der Waals surface area contributed by atoms with Gasteiger partial charge in [-0.25, -0.2) is 0 Å². The van der Waals surface area contributed by atoms with Crippen LogP contribution in [0.5, 0.6) is 5.75 Å². The molecule has 0 saturated carbocycles. The predicted octanol–water partition coefficient (Wildman–Crippen LogP) is 4.06. The van der Waals surface area contributed by atoms with Crippen LogP contribution in [0.25, 0.3) is 5.70 Å². The van der Waals surface area contributed by atoms with Gasteiger partial charge >= 0.3 is 0 Å². The molecule has 4 heteroatoms. The molecule has 0 radical (unpaired) electrons. The van der Waals surface area contributed by atoms with Gasteiger partial charge in [-0.3, -0.25) is 9.69 Å². The summed E-state index contributed by atoms with van der Waals surface area (Å²) < 4.78 is 0. The molecule has 0 saturated heterocycles. The summed E-state index contributed by atoms with van der Waals surface area (Å²) >= 11 is 3.23. The first-order chi connectivity index (χ1) is 10.2. The molecule has 104 valence electrons. The first kappa shape index (κ1) is 13.6. The van der Waals surface area contributed by atoms with Crippen molar-refractivity contribution in [2.45, 2.75) is 0 Å². The third-order valence-corrected chi connectivity index (χ3v) is 3.77. The third kappa shape index (κ3) is 2.50. The van der Waals surface area contributed by atoms with E-state index in [1.54, 1.807) is 34.2 Å². The molecule has 3 rings (SSSR count). The van der Waals surface area contributed by atoms with E-state index in [1.165, 1.54) is 0 Å². The Hall–Kier alpha value is -2.33. The van der Waals surface area contributed by atoms with Crippen molar-refractivity contribution in [2.75, 3.05) is 4.90 Å². The molecule has 1 N–H and O–H groups in total. The first-order valence-electron chi connectivity index (χ1n) is 6.41. The molecule has 0 atom stereocenters. The molecule has 3 nitrogen and oxygen atoms in total. The molecule has 21 heavy (non-hydrogen) atoms. The SMILES string of the molecule is O=C1/C(=C/Br)C=C(c2ccccc2)N1c1ccc(O)cc1. The van der Waals surface area contributed by atoms with E-state index in [1.807, 2.05) is 36.4 Å². The van der Waals surface area contributed by atoms with Gasteiger partial charge in [-0.05, 0) is 40.9 Å². The van der Waals surface area contributed by atoms with Crippen LogP contribution in [0.2, 0.25) is 0 Å². The Morgan fingerprint density at radius 2 is 1.67 bits per heavy atom. The number of carbonyl (C=O) groups is 1. The van der Waals surface area contributed by atoms with Crippen LogP contribution < -0.4 is 4.90 Å². The molecule has 0 spiro atoms. The first-order valence-corrected chi connectivity index (χ1v) is 7.33. The number of carbonyl (C=O) groups excluding carboxylic acids is 1. The number of hydrogen-bond donors (Lipinski definition) is 1. The van der Waals surface area contributed by atoms with Crippen LogP contribution in [0.1, 0.15) is 5.56 Å². The summed E-state index contributed by atoms with van der Waals surface area (Å²) in [6, 6.07) is 16.3. The van der Waals surface area contributed by atoms with E-state index in [-0.39, 0.29) is 11.7 Å². The zero-order chi connectivity index (χ0) is 14.8. The molecule has 1 aliphatic heterocycles. The Kier molecular flexibility index (Phi) is 3.62. The van der Waals surface area contributed by atoms with Gasteiger partial charge < -0.3 is 5.11 Å². The van der Waals surface area contributed by atoms with Gasteiger partial charge in [0.05, 0.1) is 5.70 Å². The second kappa shape index (κ2) is 5.58. The minimum absolute atomic E-state index is 0.101. The third-order valence-electron chi connectivity index (χ3n) is 3.28. The average Bonchev–Trinajstić information content (AvgIpc) is 2.86. The molecule has 0 unspecified atom stereocenters. The lowest BCUT2D eigenvalue weighted by molar-refractivity contribution is -0.113. The van der Waals surface area contributed by atoms with Crippen molar-refractivity contribution in [2.24, 2.45) is 0 Å². The number of nitrogens with zero attached hydrogens (tertiary/aromatic N) is 1. The highest BCUT2D eigenvalue weighted by molar-refractivity contribution is 9.11. The number of phenolic OH excluding ortho intramolecular Hbond substituents is 1. The number of aromatic hydroxyl groups is 1. The average molecular weight is 342 g/mol. The van der Waals surface area contributed by atoms with E-state index < -0.39 is 0 Å². The van der Waals surface area contributed by atoms with Crippen LogP contribution in [0, 0.1) is 0 Å². The Morgan fingerprint density at radius 3 is 2.29 bits per heavy atom. The predicted molar refractivity (Wildman–Crippen MR) is 87.0 cm³/mol. The van der Waals surface area contributed by atoms with Gasteiger partial charge in [0.25, 0.3) is 5.91 Å². The van der Waals surface area contributed by atoms with Gasteiger partial charge in [0.1, 0.15) is 5.75 Å². The molecule has 1 heterocycles. The van der Waals surface area contributed by atoms with Gasteiger partial charge in [-0.2, -0.15) is 0 Å². The molecule has 1 amide bonds. The molecular weight excluding hydrogens is 330 g/mol. The topological polar surface area (TPSA) is 40.5 Å². The summed E-state index contributed by atoms with van der Waals surface area (Å²) in [5, 5.41) is 9.41. The van der Waals surface area contributed by atoms with Crippen LogP contribution in [-0.2, 0) is 4.79 Å². The Balaban J connectivity index is 2.11. The summed E-state index contributed by atoms with van der Waals surface area (Å²) in [7, 11) is 0. The summed E-state index contributed by atoms with van der Waals surface area (Å²) in [5.74, 6) is 0.0725. The van der Waals surface area contributed by atoms with Crippen molar-refractivity contribution in [1.82, 2.24) is 0 Å². The van der Waals surface area contributed by atoms with E-state index >= 15 is 0 Å². The van der Waals surface area contributed by atoms with Crippen molar-refractivity contribution in [3.8, 4) is 5.75 Å². The highest BCUT2D eigenvalue weighted by Crippen LogP contribution is 2.35. The van der Waals surface area contributed by atoms with Crippen molar-refractivity contribution in [3.63, 3.8) is 0 Å². The summed E-state index contributed by atoms with van der Waals surface area (Å²) in [4.78, 5) is 15.8. The molecule has 0 fully saturated rings. The smallest absolute Gasteiger partial charge is 0.263 e. The second-order valence-corrected chi connectivity index (χ2v) is 5.07. The van der Waals surface area contributed by atoms with E-state index in [0.717, 1.165) is 16.9 Å². The van der Waals surface area contributed by atoms with Gasteiger partial charge in [-0.1, -0.05) is 46.3 Å². The van der Waals surface area contributed by atoms with E-state index in [4.69, 9.17) is 0 Å². The fourth-order valence-electron chi connectivity index (χ4n) is 2.27. The normalized spacial score (nSPS) is 16.4. The quantitative estimate of drug-likeness (QED) is 0.837. The van der Waals surface area contributed by atoms with Crippen molar-refractivity contribution in [1.29, 1.82) is 0 Å². The maximum atomic E-state index is 12.5. The fraction of sp³-hybridized carbons (Fsp3) is 0. The minimum atomic E-state index is -0.101. The van der Waals surface area contributed by atoms with Crippen molar-refractivity contribution >= 4 is 33.2 Å². The molecule has 2 aromatic rings. The number of amides is 1. The van der Waals surface area contributed by atoms with Crippen LogP contribution in [0.4, 0.5) is 5.69 Å². The number of benzene rings is 2. The number of rotatable bonds is 2. The van der Waals surface area contributed by atoms with Crippen LogP contribution in [-0.4, -0.2) is 11.0 Å². The number of phenols is 1. The molecule has 0 aromatic heterocycles. The standard InChI is InChI=1S/C17H12BrNO2/c18-11-13-10-16(12-4-2-1-3-5-12)19(17(13)21)14-6-8-15(20)9-7-14/h1-11,20H/b13-11+. The fourth-order valence-corrected chi connectivity index (χ4v) is 2.60. The number of hydrogen-bond acceptors (Lipinski definition) is 2. The highest BCUT2D eigenvalue weighted by atomic mass is 79.9. The number of anilines is 1. The molecular formula is C17H12BrNO2. The lowest BCUT2D eigenvalue weighted by Crippen LogP contribution is -2.24. The molecule has 2 aromatic carbocycles. The van der Waals surface area contributed by atoms with Gasteiger partial charge in [0.15, 0.2) is 0 Å². The highest BCUT2D eigenvalue weighted by Gasteiger charge is 2.29. The Morgan fingerprint density at radius 1 is 1.00 bits per heavy atom. The summed E-state index contributed by atoms with van der Waals surface area (Å²) in [5.41, 5.74) is 3.08. The largest absolute Gasteiger partial charge is 0.508 e. The maximum Gasteiger partial charge on any atom is 0.263 e.